The fourth-order valence-corrected chi connectivity index (χ4v) is 7.44. The third-order valence-electron chi connectivity index (χ3n) is 6.85. The van der Waals surface area contributed by atoms with E-state index in [0.29, 0.717) is 10.7 Å². The molecule has 0 spiro atoms. The lowest BCUT2D eigenvalue weighted by atomic mass is 9.96. The number of piperazine rings is 1. The van der Waals surface area contributed by atoms with Gasteiger partial charge in [-0.2, -0.15) is 4.31 Å². The van der Waals surface area contributed by atoms with E-state index in [1.54, 1.807) is 42.5 Å². The lowest BCUT2D eigenvalue weighted by molar-refractivity contribution is -0.165. The Hall–Kier alpha value is -2.89. The summed E-state index contributed by atoms with van der Waals surface area (Å²) in [7, 11) is -4.32. The average molecular weight is 610 g/mol. The van der Waals surface area contributed by atoms with Gasteiger partial charge in [0.15, 0.2) is 0 Å². The van der Waals surface area contributed by atoms with Gasteiger partial charge in [-0.3, -0.25) is 14.4 Å². The maximum Gasteiger partial charge on any atom is 0.250 e. The van der Waals surface area contributed by atoms with Crippen LogP contribution >= 0.6 is 34.8 Å². The summed E-state index contributed by atoms with van der Waals surface area (Å²) in [5.74, 6) is -1.43. The summed E-state index contributed by atoms with van der Waals surface area (Å²) in [6, 6.07) is 8.59. The van der Waals surface area contributed by atoms with Crippen LogP contribution in [-0.2, 0) is 30.8 Å². The van der Waals surface area contributed by atoms with Crippen LogP contribution in [0.15, 0.2) is 71.3 Å². The van der Waals surface area contributed by atoms with Crippen molar-refractivity contribution in [3.8, 4) is 0 Å². The molecule has 5 rings (SSSR count). The second-order valence-corrected chi connectivity index (χ2v) is 12.5. The third-order valence-corrected chi connectivity index (χ3v) is 9.68. The number of allylic oxidation sites excluding steroid dienone is 3. The highest BCUT2D eigenvalue weighted by Crippen LogP contribution is 2.36. The van der Waals surface area contributed by atoms with Crippen LogP contribution in [0.3, 0.4) is 0 Å². The number of nitrogens with zero attached hydrogens (tertiary/aromatic N) is 3. The molecule has 2 aliphatic heterocycles. The number of carbonyl (C=O) groups is 3. The van der Waals surface area contributed by atoms with E-state index < -0.39 is 40.1 Å². The minimum Gasteiger partial charge on any atom is -0.343 e. The Kier molecular flexibility index (Phi) is 7.51. The van der Waals surface area contributed by atoms with Gasteiger partial charge < -0.3 is 15.1 Å². The van der Waals surface area contributed by atoms with Crippen LogP contribution < -0.4 is 5.32 Å². The van der Waals surface area contributed by atoms with Crippen molar-refractivity contribution >= 4 is 62.5 Å². The molecule has 2 fully saturated rings. The van der Waals surface area contributed by atoms with E-state index in [1.165, 1.54) is 34.9 Å². The first-order valence-electron chi connectivity index (χ1n) is 12.0. The van der Waals surface area contributed by atoms with E-state index in [2.05, 4.69) is 5.32 Å². The van der Waals surface area contributed by atoms with Crippen LogP contribution in [0.2, 0.25) is 15.1 Å². The molecule has 204 valence electrons. The molecule has 0 saturated carbocycles. The molecular formula is C26H23Cl3N4O5S. The summed E-state index contributed by atoms with van der Waals surface area (Å²) in [6.45, 7) is 0.790. The van der Waals surface area contributed by atoms with Crippen molar-refractivity contribution < 1.29 is 22.8 Å². The standard InChI is InChI=1S/C26H23Cl3N4O5S/c1-15(34)30-21-13-32(39(37,38)23-10-9-18(28)12-20(23)29)24-14-31(19-3-2-4-19)26(36)22(33(24)25(21)35)11-16-5-7-17(27)8-6-16/h2-10,12,21-22,24H,11,13-14H2,1H3,(H,30,34). The predicted molar refractivity (Wildman–Crippen MR) is 146 cm³/mol. The Balaban J connectivity index is 1.62. The number of sulfonamides is 1. The Morgan fingerprint density at radius 1 is 1.00 bits per heavy atom. The third kappa shape index (κ3) is 5.19. The number of hydrogen-bond acceptors (Lipinski definition) is 5. The summed E-state index contributed by atoms with van der Waals surface area (Å²) in [4.78, 5) is 42.2. The van der Waals surface area contributed by atoms with E-state index in [1.807, 2.05) is 0 Å². The molecule has 3 unspecified atom stereocenters. The lowest BCUT2D eigenvalue weighted by Crippen LogP contribution is -2.75. The first-order chi connectivity index (χ1) is 18.5. The molecular weight excluding hydrogens is 587 g/mol. The highest BCUT2D eigenvalue weighted by atomic mass is 35.5. The highest BCUT2D eigenvalue weighted by molar-refractivity contribution is 7.89. The molecule has 2 heterocycles. The molecule has 2 saturated heterocycles. The summed E-state index contributed by atoms with van der Waals surface area (Å²) in [5.41, 5.74) is 1.33. The molecule has 0 aromatic heterocycles. The smallest absolute Gasteiger partial charge is 0.250 e. The van der Waals surface area contributed by atoms with Gasteiger partial charge in [-0.1, -0.05) is 53.0 Å². The molecule has 2 aromatic carbocycles. The van der Waals surface area contributed by atoms with Crippen molar-refractivity contribution in [1.29, 1.82) is 0 Å². The largest absolute Gasteiger partial charge is 0.343 e. The number of rotatable bonds is 6. The Labute approximate surface area is 240 Å². The monoisotopic (exact) mass is 608 g/mol. The van der Waals surface area contributed by atoms with Crippen molar-refractivity contribution in [3.05, 3.63) is 87.0 Å². The summed E-state index contributed by atoms with van der Waals surface area (Å²) in [6.07, 6.45) is 4.29. The average Bonchev–Trinajstić information content (AvgIpc) is 2.83. The van der Waals surface area contributed by atoms with Gasteiger partial charge in [0.05, 0.1) is 11.6 Å². The molecule has 3 amide bonds. The van der Waals surface area contributed by atoms with Gasteiger partial charge >= 0.3 is 0 Å². The van der Waals surface area contributed by atoms with Gasteiger partial charge in [-0.15, -0.1) is 0 Å². The van der Waals surface area contributed by atoms with Crippen molar-refractivity contribution in [3.63, 3.8) is 0 Å². The van der Waals surface area contributed by atoms with E-state index in [9.17, 15) is 22.8 Å². The number of amides is 3. The Bertz CT molecular complexity index is 1530. The van der Waals surface area contributed by atoms with E-state index >= 15 is 0 Å². The zero-order chi connectivity index (χ0) is 28.1. The second-order valence-electron chi connectivity index (χ2n) is 9.37. The summed E-state index contributed by atoms with van der Waals surface area (Å²) in [5, 5.41) is 3.23. The number of fused-ring (bicyclic) bond motifs is 1. The van der Waals surface area contributed by atoms with Gasteiger partial charge in [0.25, 0.3) is 0 Å². The van der Waals surface area contributed by atoms with Crippen LogP contribution in [0.1, 0.15) is 12.5 Å². The molecule has 0 radical (unpaired) electrons. The van der Waals surface area contributed by atoms with Gasteiger partial charge in [0.1, 0.15) is 23.1 Å². The first kappa shape index (κ1) is 27.7. The van der Waals surface area contributed by atoms with E-state index in [4.69, 9.17) is 34.8 Å². The van der Waals surface area contributed by atoms with Crippen LogP contribution in [0.25, 0.3) is 0 Å². The van der Waals surface area contributed by atoms with Crippen molar-refractivity contribution in [1.82, 2.24) is 19.4 Å². The topological polar surface area (TPSA) is 107 Å². The predicted octanol–water partition coefficient (Wildman–Crippen LogP) is 3.22. The van der Waals surface area contributed by atoms with Crippen molar-refractivity contribution in [2.45, 2.75) is 36.5 Å². The molecule has 0 bridgehead atoms. The summed E-state index contributed by atoms with van der Waals surface area (Å²) >= 11 is 18.3. The number of benzene rings is 2. The van der Waals surface area contributed by atoms with E-state index in [0.717, 1.165) is 9.87 Å². The van der Waals surface area contributed by atoms with Gasteiger partial charge in [-0.05, 0) is 48.0 Å². The Morgan fingerprint density at radius 2 is 1.67 bits per heavy atom. The molecule has 1 N–H and O–H groups in total. The summed E-state index contributed by atoms with van der Waals surface area (Å²) < 4.78 is 29.2. The van der Waals surface area contributed by atoms with Crippen LogP contribution in [-0.4, -0.2) is 71.6 Å². The Morgan fingerprint density at radius 3 is 2.26 bits per heavy atom. The number of carbonyl (C=O) groups excluding carboxylic acids is 3. The highest BCUT2D eigenvalue weighted by Gasteiger charge is 2.54. The molecule has 39 heavy (non-hydrogen) atoms. The molecule has 3 atom stereocenters. The molecule has 13 heteroatoms. The number of hydrogen-bond donors (Lipinski definition) is 1. The minimum absolute atomic E-state index is 0.0897. The molecule has 2 aromatic rings. The minimum atomic E-state index is -4.32. The maximum atomic E-state index is 14.1. The molecule has 3 aliphatic rings. The lowest BCUT2D eigenvalue weighted by Gasteiger charge is -2.53. The van der Waals surface area contributed by atoms with Crippen molar-refractivity contribution in [2.24, 2.45) is 0 Å². The normalized spacial score (nSPS) is 23.3. The van der Waals surface area contributed by atoms with E-state index in [-0.39, 0.29) is 40.4 Å². The maximum absolute atomic E-state index is 14.1. The van der Waals surface area contributed by atoms with Crippen molar-refractivity contribution in [2.75, 3.05) is 13.1 Å². The van der Waals surface area contributed by atoms with Crippen LogP contribution in [0.5, 0.6) is 0 Å². The molecule has 9 nitrogen and oxygen atoms in total. The van der Waals surface area contributed by atoms with Crippen LogP contribution in [0.4, 0.5) is 0 Å². The van der Waals surface area contributed by atoms with Gasteiger partial charge in [-0.25, -0.2) is 8.42 Å². The fraction of sp³-hybridized carbons (Fsp3) is 0.269. The van der Waals surface area contributed by atoms with Gasteiger partial charge in [0.2, 0.25) is 27.7 Å². The quantitative estimate of drug-likeness (QED) is 0.541. The molecule has 1 aliphatic carbocycles. The number of nitrogens with one attached hydrogen (secondary N) is 1. The second kappa shape index (κ2) is 10.6. The van der Waals surface area contributed by atoms with Gasteiger partial charge in [0, 0.05) is 35.6 Å². The fourth-order valence-electron chi connectivity index (χ4n) is 4.98. The zero-order valence-electron chi connectivity index (χ0n) is 20.6. The first-order valence-corrected chi connectivity index (χ1v) is 14.5. The zero-order valence-corrected chi connectivity index (χ0v) is 23.6. The SMILES string of the molecule is CC(=O)NC1CN(S(=O)(=O)c2ccc(Cl)cc2Cl)C2CN(C3=CC=C3)C(=O)C(Cc3ccc(Cl)cc3)N2C1=O. The number of halogens is 3. The van der Waals surface area contributed by atoms with Crippen LogP contribution in [0, 0.1) is 0 Å².